The van der Waals surface area contributed by atoms with Crippen LogP contribution in [0.25, 0.3) is 16.2 Å². The summed E-state index contributed by atoms with van der Waals surface area (Å²) >= 11 is 1.01. The number of aromatic nitrogens is 5. The highest BCUT2D eigenvalue weighted by Crippen LogP contribution is 2.29. The summed E-state index contributed by atoms with van der Waals surface area (Å²) in [5.41, 5.74) is -0.928. The van der Waals surface area contributed by atoms with E-state index in [0.717, 1.165) is 23.8 Å². The van der Waals surface area contributed by atoms with Gasteiger partial charge in [0.25, 0.3) is 0 Å². The zero-order valence-corrected chi connectivity index (χ0v) is 20.4. The number of rotatable bonds is 6. The summed E-state index contributed by atoms with van der Waals surface area (Å²) in [6, 6.07) is 3.78. The number of hydrogen-bond donors (Lipinski definition) is 2. The van der Waals surface area contributed by atoms with Crippen LogP contribution in [-0.4, -0.2) is 54.0 Å². The van der Waals surface area contributed by atoms with E-state index in [2.05, 4.69) is 24.6 Å². The second-order valence-corrected chi connectivity index (χ2v) is 9.38. The van der Waals surface area contributed by atoms with E-state index < -0.39 is 28.7 Å². The molecule has 196 valence electrons. The van der Waals surface area contributed by atoms with Crippen molar-refractivity contribution in [3.63, 3.8) is 0 Å². The molecule has 0 spiro atoms. The van der Waals surface area contributed by atoms with Gasteiger partial charge in [-0.3, -0.25) is 19.1 Å². The van der Waals surface area contributed by atoms with Crippen LogP contribution in [0.15, 0.2) is 41.7 Å². The molecule has 5 heterocycles. The third kappa shape index (κ3) is 4.67. The van der Waals surface area contributed by atoms with Gasteiger partial charge in [-0.1, -0.05) is 0 Å². The molecule has 0 unspecified atom stereocenters. The zero-order chi connectivity index (χ0) is 27.2. The standard InChI is InChI=1S/C23H18F3N7O4S/c1-11-4-16(31-19-17(11)18(34)15(21(36)37)9-33(19)22-29-10-30-38-22)32-7-12(8-32)20(35)28-6-14-3-2-13(5-27-14)23(24,25)26/h2-5,9-10,12H,6-8H2,1H3,(H,28,35)(H,36,37). The molecule has 1 fully saturated rings. The Morgan fingerprint density at radius 1 is 1.24 bits per heavy atom. The van der Waals surface area contributed by atoms with Crippen LogP contribution in [0.2, 0.25) is 0 Å². The minimum atomic E-state index is -4.48. The highest BCUT2D eigenvalue weighted by Gasteiger charge is 2.34. The molecule has 4 aromatic rings. The second-order valence-electron chi connectivity index (χ2n) is 8.62. The molecule has 0 aliphatic carbocycles. The van der Waals surface area contributed by atoms with Gasteiger partial charge in [0.1, 0.15) is 17.7 Å². The number of nitrogens with one attached hydrogen (secondary N) is 1. The fraction of sp³-hybridized carbons (Fsp3) is 0.261. The molecule has 5 rings (SSSR count). The highest BCUT2D eigenvalue weighted by atomic mass is 32.1. The smallest absolute Gasteiger partial charge is 0.417 e. The Kier molecular flexibility index (Phi) is 6.30. The molecule has 0 atom stereocenters. The zero-order valence-electron chi connectivity index (χ0n) is 19.6. The predicted molar refractivity (Wildman–Crippen MR) is 129 cm³/mol. The van der Waals surface area contributed by atoms with Crippen molar-refractivity contribution in [3.8, 4) is 5.13 Å². The van der Waals surface area contributed by atoms with Crippen LogP contribution in [-0.2, 0) is 17.5 Å². The maximum Gasteiger partial charge on any atom is 0.417 e. The van der Waals surface area contributed by atoms with Crippen LogP contribution in [0.4, 0.5) is 19.0 Å². The normalized spacial score (nSPS) is 13.9. The first-order chi connectivity index (χ1) is 18.0. The van der Waals surface area contributed by atoms with Crippen molar-refractivity contribution < 1.29 is 27.9 Å². The van der Waals surface area contributed by atoms with Gasteiger partial charge in [-0.15, -0.1) is 0 Å². The molecular formula is C23H18F3N7O4S. The van der Waals surface area contributed by atoms with Crippen molar-refractivity contribution in [1.82, 2.24) is 29.2 Å². The number of carbonyl (C=O) groups excluding carboxylic acids is 1. The lowest BCUT2D eigenvalue weighted by Gasteiger charge is -2.39. The molecule has 38 heavy (non-hydrogen) atoms. The van der Waals surface area contributed by atoms with Gasteiger partial charge in [-0.25, -0.2) is 14.8 Å². The van der Waals surface area contributed by atoms with Crippen LogP contribution < -0.4 is 15.6 Å². The Balaban J connectivity index is 1.33. The lowest BCUT2D eigenvalue weighted by Crippen LogP contribution is -2.54. The summed E-state index contributed by atoms with van der Waals surface area (Å²) in [4.78, 5) is 51.4. The topological polar surface area (TPSA) is 143 Å². The van der Waals surface area contributed by atoms with Gasteiger partial charge >= 0.3 is 12.1 Å². The minimum Gasteiger partial charge on any atom is -0.477 e. The average Bonchev–Trinajstić information content (AvgIpc) is 3.36. The minimum absolute atomic E-state index is 0.0131. The molecule has 15 heteroatoms. The monoisotopic (exact) mass is 545 g/mol. The number of aryl methyl sites for hydroxylation is 1. The maximum atomic E-state index is 12.9. The lowest BCUT2D eigenvalue weighted by molar-refractivity contribution is -0.137. The molecular weight excluding hydrogens is 527 g/mol. The van der Waals surface area contributed by atoms with Crippen LogP contribution >= 0.6 is 11.5 Å². The Morgan fingerprint density at radius 2 is 2.00 bits per heavy atom. The van der Waals surface area contributed by atoms with Gasteiger partial charge in [-0.05, 0) is 30.7 Å². The van der Waals surface area contributed by atoms with Crippen molar-refractivity contribution >= 4 is 40.3 Å². The van der Waals surface area contributed by atoms with E-state index in [0.29, 0.717) is 35.3 Å². The van der Waals surface area contributed by atoms with Crippen LogP contribution in [0.1, 0.15) is 27.2 Å². The van der Waals surface area contributed by atoms with Gasteiger partial charge in [0.05, 0.1) is 29.1 Å². The molecule has 0 bridgehead atoms. The van der Waals surface area contributed by atoms with Gasteiger partial charge in [0, 0.05) is 37.0 Å². The third-order valence-electron chi connectivity index (χ3n) is 6.10. The number of aromatic carboxylic acids is 1. The first-order valence-corrected chi connectivity index (χ1v) is 11.9. The van der Waals surface area contributed by atoms with Gasteiger partial charge in [0.15, 0.2) is 5.65 Å². The molecule has 11 nitrogen and oxygen atoms in total. The summed E-state index contributed by atoms with van der Waals surface area (Å²) in [6.45, 7) is 2.30. The lowest BCUT2D eigenvalue weighted by atomic mass is 9.98. The van der Waals surface area contributed by atoms with Crippen LogP contribution in [0, 0.1) is 12.8 Å². The molecule has 4 aromatic heterocycles. The maximum absolute atomic E-state index is 12.9. The summed E-state index contributed by atoms with van der Waals surface area (Å²) < 4.78 is 43.4. The number of fused-ring (bicyclic) bond motifs is 1. The molecule has 2 N–H and O–H groups in total. The van der Waals surface area contributed by atoms with E-state index in [1.165, 1.54) is 23.2 Å². The fourth-order valence-electron chi connectivity index (χ4n) is 4.06. The van der Waals surface area contributed by atoms with Crippen molar-refractivity contribution in [2.45, 2.75) is 19.6 Å². The van der Waals surface area contributed by atoms with Crippen molar-refractivity contribution in [3.05, 3.63) is 69.5 Å². The number of carbonyl (C=O) groups is 2. The van der Waals surface area contributed by atoms with E-state index in [4.69, 9.17) is 0 Å². The first kappa shape index (κ1) is 25.3. The van der Waals surface area contributed by atoms with E-state index in [1.807, 2.05) is 4.90 Å². The Morgan fingerprint density at radius 3 is 2.61 bits per heavy atom. The SMILES string of the molecule is Cc1cc(N2CC(C(=O)NCc3ccc(C(F)(F)F)cn3)C2)nc2c1c(=O)c(C(=O)O)cn2-c1ncns1. The van der Waals surface area contributed by atoms with Gasteiger partial charge < -0.3 is 15.3 Å². The van der Waals surface area contributed by atoms with Crippen LogP contribution in [0.5, 0.6) is 0 Å². The number of alkyl halides is 3. The largest absolute Gasteiger partial charge is 0.477 e. The number of nitrogens with zero attached hydrogens (tertiary/aromatic N) is 6. The Hall–Kier alpha value is -4.40. The molecule has 0 saturated carbocycles. The highest BCUT2D eigenvalue weighted by molar-refractivity contribution is 7.08. The molecule has 0 radical (unpaired) electrons. The fourth-order valence-corrected chi connectivity index (χ4v) is 4.57. The molecule has 1 saturated heterocycles. The number of anilines is 1. The third-order valence-corrected chi connectivity index (χ3v) is 6.77. The summed E-state index contributed by atoms with van der Waals surface area (Å²) in [7, 11) is 0. The number of hydrogen-bond acceptors (Lipinski definition) is 9. The second kappa shape index (κ2) is 9.48. The predicted octanol–water partition coefficient (Wildman–Crippen LogP) is 2.41. The van der Waals surface area contributed by atoms with E-state index in [9.17, 15) is 32.7 Å². The van der Waals surface area contributed by atoms with Crippen LogP contribution in [0.3, 0.4) is 0 Å². The Labute approximate surface area is 215 Å². The summed E-state index contributed by atoms with van der Waals surface area (Å²) in [5.74, 6) is -1.55. The molecule has 0 aromatic carbocycles. The number of carboxylic acid groups (broad SMARTS) is 1. The molecule has 1 aliphatic heterocycles. The Bertz CT molecular complexity index is 1600. The number of carboxylic acids is 1. The number of pyridine rings is 3. The summed E-state index contributed by atoms with van der Waals surface area (Å²) in [6.07, 6.45) is -1.28. The van der Waals surface area contributed by atoms with E-state index >= 15 is 0 Å². The first-order valence-electron chi connectivity index (χ1n) is 11.1. The van der Waals surface area contributed by atoms with E-state index in [-0.39, 0.29) is 29.4 Å². The van der Waals surface area contributed by atoms with Crippen molar-refractivity contribution in [2.24, 2.45) is 5.92 Å². The quantitative estimate of drug-likeness (QED) is 0.373. The molecule has 1 aliphatic rings. The van der Waals surface area contributed by atoms with Gasteiger partial charge in [0.2, 0.25) is 16.5 Å². The number of amides is 1. The molecule has 1 amide bonds. The van der Waals surface area contributed by atoms with Crippen molar-refractivity contribution in [2.75, 3.05) is 18.0 Å². The van der Waals surface area contributed by atoms with Crippen molar-refractivity contribution in [1.29, 1.82) is 0 Å². The summed E-state index contributed by atoms with van der Waals surface area (Å²) in [5, 5.41) is 12.7. The number of halogens is 3. The average molecular weight is 546 g/mol. The van der Waals surface area contributed by atoms with Gasteiger partial charge in [-0.2, -0.15) is 17.5 Å². The van der Waals surface area contributed by atoms with E-state index in [1.54, 1.807) is 13.0 Å².